The van der Waals surface area contributed by atoms with Crippen molar-refractivity contribution in [1.29, 1.82) is 0 Å². The Morgan fingerprint density at radius 3 is 2.24 bits per heavy atom. The second-order valence-corrected chi connectivity index (χ2v) is 6.83. The first-order valence-electron chi connectivity index (χ1n) is 8.57. The van der Waals surface area contributed by atoms with Crippen LogP contribution in [0.1, 0.15) is 44.6 Å². The van der Waals surface area contributed by atoms with Crippen LogP contribution in [-0.2, 0) is 14.4 Å². The number of rotatable bonds is 10. The van der Waals surface area contributed by atoms with E-state index in [4.69, 9.17) is 17.3 Å². The number of nitrogens with one attached hydrogen (secondary N) is 1. The van der Waals surface area contributed by atoms with Crippen LogP contribution in [0.4, 0.5) is 0 Å². The summed E-state index contributed by atoms with van der Waals surface area (Å²) < 4.78 is 0. The minimum Gasteiger partial charge on any atom is -0.354 e. The Morgan fingerprint density at radius 1 is 1.12 bits per heavy atom. The SMILES string of the molecule is CCC(=O)C(C(C)C)[C@H](N)C(=O)NCCC(=O)C(Cl)c1ccccc1. The lowest BCUT2D eigenvalue weighted by Gasteiger charge is -2.25. The van der Waals surface area contributed by atoms with Gasteiger partial charge in [-0.1, -0.05) is 51.1 Å². The second kappa shape index (κ2) is 10.3. The monoisotopic (exact) mass is 366 g/mol. The first kappa shape index (κ1) is 21.3. The van der Waals surface area contributed by atoms with Crippen LogP contribution >= 0.6 is 11.6 Å². The topological polar surface area (TPSA) is 89.3 Å². The van der Waals surface area contributed by atoms with Crippen molar-refractivity contribution >= 4 is 29.1 Å². The molecule has 1 rings (SSSR count). The average Bonchev–Trinajstić information content (AvgIpc) is 2.60. The number of benzene rings is 1. The highest BCUT2D eigenvalue weighted by molar-refractivity contribution is 6.31. The van der Waals surface area contributed by atoms with Crippen molar-refractivity contribution in [1.82, 2.24) is 5.32 Å². The van der Waals surface area contributed by atoms with Gasteiger partial charge in [-0.2, -0.15) is 0 Å². The summed E-state index contributed by atoms with van der Waals surface area (Å²) in [6.45, 7) is 5.64. The molecule has 25 heavy (non-hydrogen) atoms. The van der Waals surface area contributed by atoms with Gasteiger partial charge in [0.15, 0.2) is 5.78 Å². The van der Waals surface area contributed by atoms with Gasteiger partial charge in [0.25, 0.3) is 0 Å². The third-order valence-electron chi connectivity index (χ3n) is 4.17. The zero-order chi connectivity index (χ0) is 19.0. The van der Waals surface area contributed by atoms with E-state index in [1.54, 1.807) is 19.1 Å². The summed E-state index contributed by atoms with van der Waals surface area (Å²) in [5.41, 5.74) is 6.69. The molecule has 3 atom stereocenters. The van der Waals surface area contributed by atoms with Crippen LogP contribution in [0, 0.1) is 11.8 Å². The Bertz CT molecular complexity index is 590. The summed E-state index contributed by atoms with van der Waals surface area (Å²) in [5, 5.41) is 1.90. The standard InChI is InChI=1S/C19H27ClN2O3/c1-4-14(23)16(12(2)3)18(21)19(25)22-11-10-15(24)17(20)13-8-6-5-7-9-13/h5-9,12,16-18H,4,10-11,21H2,1-3H3,(H,22,25)/t16?,17?,18-/m0/s1. The Kier molecular flexibility index (Phi) is 8.79. The molecule has 0 fully saturated rings. The van der Waals surface area contributed by atoms with E-state index < -0.39 is 23.2 Å². The first-order chi connectivity index (χ1) is 11.8. The molecule has 1 aromatic rings. The van der Waals surface area contributed by atoms with Gasteiger partial charge in [0, 0.05) is 25.3 Å². The third-order valence-corrected chi connectivity index (χ3v) is 4.67. The minimum atomic E-state index is -0.913. The molecule has 0 saturated heterocycles. The molecule has 0 radical (unpaired) electrons. The van der Waals surface area contributed by atoms with E-state index in [-0.39, 0.29) is 30.4 Å². The van der Waals surface area contributed by atoms with Crippen LogP contribution in [0.3, 0.4) is 0 Å². The van der Waals surface area contributed by atoms with Crippen molar-refractivity contribution < 1.29 is 14.4 Å². The van der Waals surface area contributed by atoms with Crippen LogP contribution in [0.2, 0.25) is 0 Å². The van der Waals surface area contributed by atoms with Crippen LogP contribution in [0.25, 0.3) is 0 Å². The number of carbonyl (C=O) groups excluding carboxylic acids is 3. The van der Waals surface area contributed by atoms with E-state index in [1.165, 1.54) is 0 Å². The predicted molar refractivity (Wildman–Crippen MR) is 99.3 cm³/mol. The molecule has 0 aromatic heterocycles. The number of alkyl halides is 1. The molecule has 0 aliphatic rings. The molecule has 5 nitrogen and oxygen atoms in total. The second-order valence-electron chi connectivity index (χ2n) is 6.40. The molecular weight excluding hydrogens is 340 g/mol. The number of Topliss-reactive ketones (excluding diaryl/α,β-unsaturated/α-hetero) is 2. The molecule has 0 heterocycles. The maximum absolute atomic E-state index is 12.2. The smallest absolute Gasteiger partial charge is 0.237 e. The van der Waals surface area contributed by atoms with E-state index in [0.717, 1.165) is 5.56 Å². The normalized spacial score (nSPS) is 14.6. The van der Waals surface area contributed by atoms with E-state index in [0.29, 0.717) is 6.42 Å². The zero-order valence-corrected chi connectivity index (χ0v) is 15.8. The summed E-state index contributed by atoms with van der Waals surface area (Å²) in [4.78, 5) is 36.3. The number of nitrogens with two attached hydrogens (primary N) is 1. The van der Waals surface area contributed by atoms with Gasteiger partial charge in [0.05, 0.1) is 6.04 Å². The summed E-state index contributed by atoms with van der Waals surface area (Å²) >= 11 is 6.16. The number of ketones is 2. The lowest BCUT2D eigenvalue weighted by atomic mass is 9.84. The first-order valence-corrected chi connectivity index (χ1v) is 9.00. The summed E-state index contributed by atoms with van der Waals surface area (Å²) in [6.07, 6.45) is 0.447. The molecule has 0 saturated carbocycles. The number of hydrogen-bond donors (Lipinski definition) is 2. The lowest BCUT2D eigenvalue weighted by Crippen LogP contribution is -2.50. The number of carbonyl (C=O) groups is 3. The van der Waals surface area contributed by atoms with Crippen LogP contribution in [0.5, 0.6) is 0 Å². The summed E-state index contributed by atoms with van der Waals surface area (Å²) in [6, 6.07) is 8.14. The van der Waals surface area contributed by atoms with E-state index in [9.17, 15) is 14.4 Å². The van der Waals surface area contributed by atoms with Gasteiger partial charge in [-0.15, -0.1) is 11.6 Å². The molecule has 1 aromatic carbocycles. The van der Waals surface area contributed by atoms with Crippen molar-refractivity contribution in [3.63, 3.8) is 0 Å². The van der Waals surface area contributed by atoms with Gasteiger partial charge in [-0.05, 0) is 11.5 Å². The quantitative estimate of drug-likeness (QED) is 0.623. The van der Waals surface area contributed by atoms with Crippen LogP contribution < -0.4 is 11.1 Å². The molecular formula is C19H27ClN2O3. The molecule has 3 N–H and O–H groups in total. The average molecular weight is 367 g/mol. The Hall–Kier alpha value is -1.72. The van der Waals surface area contributed by atoms with Gasteiger partial charge >= 0.3 is 0 Å². The number of halogens is 1. The molecule has 0 aliphatic heterocycles. The van der Waals surface area contributed by atoms with Crippen LogP contribution in [0.15, 0.2) is 30.3 Å². The molecule has 1 amide bonds. The van der Waals surface area contributed by atoms with Crippen molar-refractivity contribution in [3.05, 3.63) is 35.9 Å². The van der Waals surface area contributed by atoms with E-state index >= 15 is 0 Å². The Morgan fingerprint density at radius 2 is 1.72 bits per heavy atom. The highest BCUT2D eigenvalue weighted by atomic mass is 35.5. The van der Waals surface area contributed by atoms with Crippen molar-refractivity contribution in [2.75, 3.05) is 6.54 Å². The van der Waals surface area contributed by atoms with Crippen molar-refractivity contribution in [2.24, 2.45) is 17.6 Å². The molecule has 6 heteroatoms. The maximum atomic E-state index is 12.2. The van der Waals surface area contributed by atoms with Gasteiger partial charge in [0.1, 0.15) is 11.2 Å². The van der Waals surface area contributed by atoms with Crippen LogP contribution in [-0.4, -0.2) is 30.1 Å². The van der Waals surface area contributed by atoms with E-state index in [2.05, 4.69) is 5.32 Å². The van der Waals surface area contributed by atoms with Crippen molar-refractivity contribution in [2.45, 2.75) is 45.0 Å². The fraction of sp³-hybridized carbons (Fsp3) is 0.526. The van der Waals surface area contributed by atoms with Crippen molar-refractivity contribution in [3.8, 4) is 0 Å². The zero-order valence-electron chi connectivity index (χ0n) is 15.0. The predicted octanol–water partition coefficient (Wildman–Crippen LogP) is 2.62. The van der Waals surface area contributed by atoms with Gasteiger partial charge < -0.3 is 11.1 Å². The molecule has 2 unspecified atom stereocenters. The molecule has 0 aliphatic carbocycles. The van der Waals surface area contributed by atoms with Gasteiger partial charge in [-0.25, -0.2) is 0 Å². The number of amides is 1. The highest BCUT2D eigenvalue weighted by Gasteiger charge is 2.32. The molecule has 0 spiro atoms. The molecule has 138 valence electrons. The summed E-state index contributed by atoms with van der Waals surface area (Å²) in [5.74, 6) is -1.17. The highest BCUT2D eigenvalue weighted by Crippen LogP contribution is 2.22. The van der Waals surface area contributed by atoms with Gasteiger partial charge in [0.2, 0.25) is 5.91 Å². The van der Waals surface area contributed by atoms with E-state index in [1.807, 2.05) is 32.0 Å². The summed E-state index contributed by atoms with van der Waals surface area (Å²) in [7, 11) is 0. The maximum Gasteiger partial charge on any atom is 0.237 e. The third kappa shape index (κ3) is 6.25. The lowest BCUT2D eigenvalue weighted by molar-refractivity contribution is -0.131. The molecule has 0 bridgehead atoms. The Balaban J connectivity index is 2.53. The fourth-order valence-corrected chi connectivity index (χ4v) is 3.00. The minimum absolute atomic E-state index is 0.0277. The fourth-order valence-electron chi connectivity index (χ4n) is 2.75. The largest absolute Gasteiger partial charge is 0.354 e. The van der Waals surface area contributed by atoms with Gasteiger partial charge in [-0.3, -0.25) is 14.4 Å². The number of hydrogen-bond acceptors (Lipinski definition) is 4. The Labute approximate surface area is 154 Å².